The normalized spacial score (nSPS) is 30.1. The molecule has 2 N–H and O–H groups in total. The fraction of sp³-hybridized carbons (Fsp3) is 0.650. The molecule has 0 bridgehead atoms. The Morgan fingerprint density at radius 3 is 2.49 bits per heavy atom. The summed E-state index contributed by atoms with van der Waals surface area (Å²) in [4.78, 5) is 66.6. The summed E-state index contributed by atoms with van der Waals surface area (Å²) >= 11 is 0. The van der Waals surface area contributed by atoms with Crippen LogP contribution in [0.5, 0.6) is 11.6 Å². The van der Waals surface area contributed by atoms with Crippen molar-refractivity contribution >= 4 is 44.7 Å². The predicted molar refractivity (Wildman–Crippen MR) is 203 cm³/mol. The van der Waals surface area contributed by atoms with Crippen molar-refractivity contribution in [3.63, 3.8) is 0 Å². The average Bonchev–Trinajstić information content (AvgIpc) is 4.04. The zero-order chi connectivity index (χ0) is 42.9. The number of pyridine rings is 2. The van der Waals surface area contributed by atoms with Crippen LogP contribution in [0.4, 0.5) is 17.6 Å². The summed E-state index contributed by atoms with van der Waals surface area (Å²) in [5.74, 6) is -5.38. The van der Waals surface area contributed by atoms with Crippen LogP contribution in [0.3, 0.4) is 0 Å². The number of fused-ring (bicyclic) bond motifs is 5. The van der Waals surface area contributed by atoms with Gasteiger partial charge in [0.1, 0.15) is 34.6 Å². The lowest BCUT2D eigenvalue weighted by molar-refractivity contribution is -0.257. The Balaban J connectivity index is 1.25. The minimum Gasteiger partial charge on any atom is -0.483 e. The summed E-state index contributed by atoms with van der Waals surface area (Å²) in [5.41, 5.74) is -5.10. The maximum atomic E-state index is 16.8. The van der Waals surface area contributed by atoms with Gasteiger partial charge in [0.25, 0.3) is 5.91 Å². The number of nitrogens with one attached hydrogen (secondary N) is 2. The highest BCUT2D eigenvalue weighted by atomic mass is 32.2. The molecule has 2 aromatic heterocycles. The molecule has 14 nitrogen and oxygen atoms in total. The molecule has 59 heavy (non-hydrogen) atoms. The predicted octanol–water partition coefficient (Wildman–Crippen LogP) is 5.36. The molecular weight excluding hydrogens is 803 g/mol. The first kappa shape index (κ1) is 42.6. The SMILES string of the molecule is COc1ccc2nc(C)c3c(c2n1)[C@H](F)C[C@]1(C[C@H]2C(=O)N[C@]4(C(=O)NS(=O)(=O)C5(C)CC5)C[C@H]4/C=C\CCCCC[C@H](CC(=O)OC(C)(C)C(F)(F)F)C(=O)N2C1)O3. The number of allylic oxidation sites excluding steroid dienone is 1. The van der Waals surface area contributed by atoms with Crippen molar-refractivity contribution in [3.05, 3.63) is 35.5 Å². The van der Waals surface area contributed by atoms with E-state index < -0.39 is 91.8 Å². The largest absolute Gasteiger partial charge is 0.483 e. The number of carbonyl (C=O) groups is 4. The van der Waals surface area contributed by atoms with Gasteiger partial charge < -0.3 is 24.4 Å². The maximum absolute atomic E-state index is 16.8. The highest BCUT2D eigenvalue weighted by Crippen LogP contribution is 2.52. The molecular formula is C40H49F4N5O9S. The van der Waals surface area contributed by atoms with Crippen molar-refractivity contribution in [3.8, 4) is 11.6 Å². The van der Waals surface area contributed by atoms with Gasteiger partial charge in [0, 0.05) is 30.7 Å². The molecule has 322 valence electrons. The summed E-state index contributed by atoms with van der Waals surface area (Å²) in [5, 5.41) is 2.76. The summed E-state index contributed by atoms with van der Waals surface area (Å²) in [6, 6.07) is 1.77. The van der Waals surface area contributed by atoms with Crippen molar-refractivity contribution in [2.45, 2.75) is 138 Å². The second kappa shape index (κ2) is 14.9. The molecule has 2 saturated carbocycles. The molecule has 2 aromatic rings. The van der Waals surface area contributed by atoms with Gasteiger partial charge in [0.2, 0.25) is 33.3 Å². The molecule has 5 heterocycles. The van der Waals surface area contributed by atoms with Crippen LogP contribution in [0.1, 0.15) is 109 Å². The van der Waals surface area contributed by atoms with E-state index in [4.69, 9.17) is 14.2 Å². The number of rotatable bonds is 7. The summed E-state index contributed by atoms with van der Waals surface area (Å²) in [6.07, 6.45) is -1.47. The van der Waals surface area contributed by atoms with E-state index in [2.05, 4.69) is 20.0 Å². The monoisotopic (exact) mass is 851 g/mol. The number of nitrogens with zero attached hydrogens (tertiary/aromatic N) is 3. The van der Waals surface area contributed by atoms with Crippen molar-refractivity contribution < 1.29 is 59.4 Å². The number of halogens is 4. The lowest BCUT2D eigenvalue weighted by Gasteiger charge is -2.38. The molecule has 0 radical (unpaired) electrons. The second-order valence-electron chi connectivity index (χ2n) is 17.4. The van der Waals surface area contributed by atoms with E-state index in [0.29, 0.717) is 63.6 Å². The lowest BCUT2D eigenvalue weighted by atomic mass is 9.86. The average molecular weight is 852 g/mol. The van der Waals surface area contributed by atoms with Crippen LogP contribution in [0.15, 0.2) is 24.3 Å². The number of aryl methyl sites for hydroxylation is 1. The third kappa shape index (κ3) is 7.94. The van der Waals surface area contributed by atoms with Crippen LogP contribution in [0.2, 0.25) is 0 Å². The number of hydrogen-bond acceptors (Lipinski definition) is 11. The molecule has 3 amide bonds. The number of methoxy groups -OCH3 is 1. The number of alkyl halides is 4. The first-order valence-corrected chi connectivity index (χ1v) is 21.4. The Kier molecular flexibility index (Phi) is 10.7. The van der Waals surface area contributed by atoms with E-state index in [1.54, 1.807) is 25.1 Å². The van der Waals surface area contributed by atoms with Crippen LogP contribution in [-0.2, 0) is 33.9 Å². The quantitative estimate of drug-likeness (QED) is 0.208. The van der Waals surface area contributed by atoms with Gasteiger partial charge in [0.15, 0.2) is 0 Å². The van der Waals surface area contributed by atoms with Gasteiger partial charge in [-0.25, -0.2) is 22.8 Å². The number of sulfonamides is 1. The molecule has 2 aliphatic carbocycles. The molecule has 3 fully saturated rings. The van der Waals surface area contributed by atoms with Crippen molar-refractivity contribution in [1.82, 2.24) is 24.9 Å². The molecule has 3 aliphatic heterocycles. The molecule has 6 atom stereocenters. The fourth-order valence-electron chi connectivity index (χ4n) is 8.40. The number of carbonyl (C=O) groups excluding carboxylic acids is 4. The smallest absolute Gasteiger partial charge is 0.427 e. The molecule has 0 unspecified atom stereocenters. The Morgan fingerprint density at radius 2 is 1.81 bits per heavy atom. The standard InChI is InChI=1S/C40H49F4N5O9S/c1-22-32-30(31-26(45-22)13-14-28(46-31)56-5)25(41)19-38(58-32)20-27-33(51)47-39(35(53)48-59(54,55)37(4)15-16-37)18-24(39)12-10-8-6-7-9-11-23(34(52)49(27)21-38)17-29(50)57-36(2,3)40(42,43)44/h10,12-14,23-25,27H,6-9,11,15-21H2,1-5H3,(H,47,51)(H,48,53)/b12-10-/t23-,24-,25-,27+,38-,39-/m1/s1. The zero-order valence-corrected chi connectivity index (χ0v) is 34.4. The van der Waals surface area contributed by atoms with Gasteiger partial charge in [-0.15, -0.1) is 0 Å². The van der Waals surface area contributed by atoms with Gasteiger partial charge in [-0.2, -0.15) is 13.2 Å². The minimum absolute atomic E-state index is 0.0594. The van der Waals surface area contributed by atoms with Gasteiger partial charge in [-0.3, -0.25) is 23.9 Å². The highest BCUT2D eigenvalue weighted by Gasteiger charge is 2.64. The molecule has 19 heteroatoms. The number of esters is 1. The number of aromatic nitrogens is 2. The first-order chi connectivity index (χ1) is 27.5. The van der Waals surface area contributed by atoms with Crippen molar-refractivity contribution in [2.24, 2.45) is 11.8 Å². The van der Waals surface area contributed by atoms with E-state index >= 15 is 4.39 Å². The van der Waals surface area contributed by atoms with Crippen LogP contribution >= 0.6 is 0 Å². The van der Waals surface area contributed by atoms with Gasteiger partial charge in [0.05, 0.1) is 41.6 Å². The maximum Gasteiger partial charge on any atom is 0.427 e. The van der Waals surface area contributed by atoms with E-state index in [0.717, 1.165) is 4.90 Å². The molecule has 0 aromatic carbocycles. The molecule has 1 saturated heterocycles. The van der Waals surface area contributed by atoms with Gasteiger partial charge in [-0.1, -0.05) is 25.0 Å². The minimum atomic E-state index is -4.90. The molecule has 5 aliphatic rings. The summed E-state index contributed by atoms with van der Waals surface area (Å²) < 4.78 is 102. The molecule has 7 rings (SSSR count). The Morgan fingerprint density at radius 1 is 1.08 bits per heavy atom. The zero-order valence-electron chi connectivity index (χ0n) is 33.5. The van der Waals surface area contributed by atoms with Crippen LogP contribution in [-0.4, -0.2) is 94.3 Å². The van der Waals surface area contributed by atoms with Gasteiger partial charge in [-0.05, 0) is 72.3 Å². The van der Waals surface area contributed by atoms with Crippen molar-refractivity contribution in [2.75, 3.05) is 13.7 Å². The third-order valence-corrected chi connectivity index (χ3v) is 14.7. The summed E-state index contributed by atoms with van der Waals surface area (Å²) in [6.45, 7) is 4.16. The summed E-state index contributed by atoms with van der Waals surface area (Å²) in [7, 11) is -2.70. The molecule has 1 spiro atoms. The van der Waals surface area contributed by atoms with Crippen LogP contribution < -0.4 is 19.5 Å². The van der Waals surface area contributed by atoms with E-state index in [1.165, 1.54) is 14.0 Å². The Bertz CT molecular complexity index is 2210. The third-order valence-electron chi connectivity index (χ3n) is 12.5. The van der Waals surface area contributed by atoms with E-state index in [9.17, 15) is 40.8 Å². The van der Waals surface area contributed by atoms with Crippen molar-refractivity contribution in [1.29, 1.82) is 0 Å². The van der Waals surface area contributed by atoms with Crippen LogP contribution in [0.25, 0.3) is 11.0 Å². The number of hydrogen-bond donors (Lipinski definition) is 2. The Labute approximate surface area is 339 Å². The first-order valence-electron chi connectivity index (χ1n) is 19.9. The van der Waals surface area contributed by atoms with Gasteiger partial charge >= 0.3 is 12.1 Å². The highest BCUT2D eigenvalue weighted by molar-refractivity contribution is 7.91. The topological polar surface area (TPSA) is 183 Å². The van der Waals surface area contributed by atoms with E-state index in [1.807, 2.05) is 6.08 Å². The lowest BCUT2D eigenvalue weighted by Crippen LogP contribution is -2.57. The van der Waals surface area contributed by atoms with E-state index in [-0.39, 0.29) is 54.9 Å². The van der Waals surface area contributed by atoms with Crippen LogP contribution in [0, 0.1) is 18.8 Å². The number of ether oxygens (including phenoxy) is 3. The number of amides is 3. The second-order valence-corrected chi connectivity index (χ2v) is 19.6. The Hall–Kier alpha value is -4.55. The fourth-order valence-corrected chi connectivity index (χ4v) is 9.71.